The Hall–Kier alpha value is -2.05. The van der Waals surface area contributed by atoms with Gasteiger partial charge in [-0.25, -0.2) is 9.50 Å². The van der Waals surface area contributed by atoms with Crippen LogP contribution >= 0.6 is 11.8 Å². The molecule has 0 bridgehead atoms. The number of likely N-dealkylation sites (N-methyl/N-ethyl adjacent to an activating group) is 1. The zero-order chi connectivity index (χ0) is 16.7. The van der Waals surface area contributed by atoms with E-state index in [9.17, 15) is 0 Å². The normalized spacial score (nSPS) is 14.8. The molecule has 2 aromatic heterocycles. The number of benzene rings is 1. The quantitative estimate of drug-likeness (QED) is 0.732. The van der Waals surface area contributed by atoms with Gasteiger partial charge in [-0.15, -0.1) is 5.10 Å². The van der Waals surface area contributed by atoms with Crippen LogP contribution in [0.15, 0.2) is 40.3 Å². The molecule has 0 aliphatic carbocycles. The summed E-state index contributed by atoms with van der Waals surface area (Å²) < 4.78 is 7.51. The van der Waals surface area contributed by atoms with Gasteiger partial charge in [0.25, 0.3) is 0 Å². The molecule has 0 spiro atoms. The average molecular weight is 340 g/mol. The Kier molecular flexibility index (Phi) is 3.94. The van der Waals surface area contributed by atoms with Gasteiger partial charge in [-0.3, -0.25) is 0 Å². The van der Waals surface area contributed by atoms with Crippen molar-refractivity contribution in [3.05, 3.63) is 47.3 Å². The minimum Gasteiger partial charge on any atom is -0.479 e. The highest BCUT2D eigenvalue weighted by molar-refractivity contribution is 7.99. The number of nitrogens with zero attached hydrogens (tertiary/aromatic N) is 4. The van der Waals surface area contributed by atoms with Crippen LogP contribution in [0.25, 0.3) is 5.65 Å². The number of methoxy groups -OCH3 is 1. The second-order valence-electron chi connectivity index (χ2n) is 6.21. The van der Waals surface area contributed by atoms with Crippen LogP contribution in [0, 0.1) is 6.92 Å². The standard InChI is InChI=1S/C18H20N4OS/c1-12-5-4-6-14(9-12)24-16-17-19-10-13-11-21(2)8-7-15(13)22(17)20-18(16)23-3/h4-6,9-10H,7-8,11H2,1-3H3. The molecule has 5 nitrogen and oxygen atoms in total. The number of rotatable bonds is 3. The van der Waals surface area contributed by atoms with Gasteiger partial charge in [0.05, 0.1) is 12.8 Å². The molecule has 0 N–H and O–H groups in total. The van der Waals surface area contributed by atoms with Crippen LogP contribution in [0.3, 0.4) is 0 Å². The highest BCUT2D eigenvalue weighted by Gasteiger charge is 2.22. The fourth-order valence-corrected chi connectivity index (χ4v) is 4.18. The summed E-state index contributed by atoms with van der Waals surface area (Å²) in [5.41, 5.74) is 4.60. The summed E-state index contributed by atoms with van der Waals surface area (Å²) in [6.45, 7) is 4.05. The molecule has 0 fully saturated rings. The van der Waals surface area contributed by atoms with E-state index in [1.54, 1.807) is 18.9 Å². The Bertz CT molecular complexity index is 905. The van der Waals surface area contributed by atoms with E-state index in [-0.39, 0.29) is 0 Å². The van der Waals surface area contributed by atoms with E-state index in [4.69, 9.17) is 4.74 Å². The van der Waals surface area contributed by atoms with E-state index in [1.807, 2.05) is 10.7 Å². The molecule has 0 atom stereocenters. The molecule has 3 aromatic rings. The number of aromatic nitrogens is 3. The van der Waals surface area contributed by atoms with E-state index in [0.29, 0.717) is 5.88 Å². The third-order valence-electron chi connectivity index (χ3n) is 4.33. The minimum absolute atomic E-state index is 0.640. The first kappa shape index (κ1) is 15.5. The fraction of sp³-hybridized carbons (Fsp3) is 0.333. The molecule has 1 aromatic carbocycles. The maximum Gasteiger partial charge on any atom is 0.249 e. The number of fused-ring (bicyclic) bond motifs is 3. The predicted octanol–water partition coefficient (Wildman–Crippen LogP) is 3.19. The first-order chi connectivity index (χ1) is 11.7. The summed E-state index contributed by atoms with van der Waals surface area (Å²) in [5.74, 6) is 0.640. The third-order valence-corrected chi connectivity index (χ3v) is 5.38. The van der Waals surface area contributed by atoms with Gasteiger partial charge in [0, 0.05) is 36.2 Å². The molecule has 1 aliphatic heterocycles. The van der Waals surface area contributed by atoms with Crippen LogP contribution in [0.4, 0.5) is 0 Å². The van der Waals surface area contributed by atoms with E-state index in [0.717, 1.165) is 30.1 Å². The van der Waals surface area contributed by atoms with Crippen molar-refractivity contribution in [2.24, 2.45) is 0 Å². The predicted molar refractivity (Wildman–Crippen MR) is 94.9 cm³/mol. The van der Waals surface area contributed by atoms with E-state index < -0.39 is 0 Å². The molecule has 24 heavy (non-hydrogen) atoms. The Morgan fingerprint density at radius 1 is 1.29 bits per heavy atom. The highest BCUT2D eigenvalue weighted by atomic mass is 32.2. The molecule has 0 radical (unpaired) electrons. The van der Waals surface area contributed by atoms with Crippen molar-refractivity contribution in [1.82, 2.24) is 19.5 Å². The van der Waals surface area contributed by atoms with Crippen molar-refractivity contribution in [2.75, 3.05) is 20.7 Å². The Balaban J connectivity index is 1.83. The van der Waals surface area contributed by atoms with Crippen molar-refractivity contribution in [3.63, 3.8) is 0 Å². The van der Waals surface area contributed by atoms with Crippen molar-refractivity contribution in [2.45, 2.75) is 29.7 Å². The summed E-state index contributed by atoms with van der Waals surface area (Å²) in [5, 5.41) is 4.68. The van der Waals surface area contributed by atoms with Crippen LogP contribution in [-0.4, -0.2) is 40.2 Å². The molecular formula is C18H20N4OS. The molecule has 0 amide bonds. The van der Waals surface area contributed by atoms with Gasteiger partial charge in [0.15, 0.2) is 5.65 Å². The van der Waals surface area contributed by atoms with Gasteiger partial charge in [-0.05, 0) is 26.1 Å². The van der Waals surface area contributed by atoms with E-state index >= 15 is 0 Å². The summed E-state index contributed by atoms with van der Waals surface area (Å²) in [7, 11) is 3.80. The van der Waals surface area contributed by atoms with Gasteiger partial charge in [-0.2, -0.15) is 0 Å². The largest absolute Gasteiger partial charge is 0.479 e. The summed E-state index contributed by atoms with van der Waals surface area (Å²) in [4.78, 5) is 9.14. The molecule has 3 heterocycles. The first-order valence-electron chi connectivity index (χ1n) is 8.02. The van der Waals surface area contributed by atoms with E-state index in [2.05, 4.69) is 53.2 Å². The lowest BCUT2D eigenvalue weighted by Crippen LogP contribution is -2.28. The topological polar surface area (TPSA) is 42.7 Å². The highest BCUT2D eigenvalue weighted by Crippen LogP contribution is 2.38. The third kappa shape index (κ3) is 2.65. The van der Waals surface area contributed by atoms with Crippen LogP contribution in [-0.2, 0) is 13.0 Å². The summed E-state index contributed by atoms with van der Waals surface area (Å²) in [6, 6.07) is 8.44. The zero-order valence-corrected chi connectivity index (χ0v) is 14.9. The number of ether oxygens (including phenoxy) is 1. The molecule has 0 saturated carbocycles. The van der Waals surface area contributed by atoms with E-state index in [1.165, 1.54) is 21.7 Å². The zero-order valence-electron chi connectivity index (χ0n) is 14.1. The Morgan fingerprint density at radius 3 is 2.96 bits per heavy atom. The van der Waals surface area contributed by atoms with Gasteiger partial charge in [0.1, 0.15) is 4.90 Å². The number of aryl methyl sites for hydroxylation is 1. The molecule has 1 aliphatic rings. The fourth-order valence-electron chi connectivity index (χ4n) is 3.11. The molecule has 6 heteroatoms. The lowest BCUT2D eigenvalue weighted by molar-refractivity contribution is 0.306. The van der Waals surface area contributed by atoms with Gasteiger partial charge >= 0.3 is 0 Å². The van der Waals surface area contributed by atoms with Gasteiger partial charge in [0.2, 0.25) is 5.88 Å². The van der Waals surface area contributed by atoms with Gasteiger partial charge < -0.3 is 9.64 Å². The van der Waals surface area contributed by atoms with Crippen LogP contribution < -0.4 is 4.74 Å². The minimum atomic E-state index is 0.640. The lowest BCUT2D eigenvalue weighted by Gasteiger charge is -2.24. The van der Waals surface area contributed by atoms with Crippen molar-refractivity contribution in [3.8, 4) is 5.88 Å². The summed E-state index contributed by atoms with van der Waals surface area (Å²) in [6.07, 6.45) is 2.96. The first-order valence-corrected chi connectivity index (χ1v) is 8.84. The van der Waals surface area contributed by atoms with Crippen molar-refractivity contribution >= 4 is 17.4 Å². The second kappa shape index (κ2) is 6.11. The number of hydrogen-bond acceptors (Lipinski definition) is 5. The van der Waals surface area contributed by atoms with Crippen molar-refractivity contribution < 1.29 is 4.74 Å². The Labute approximate surface area is 145 Å². The smallest absolute Gasteiger partial charge is 0.249 e. The maximum atomic E-state index is 5.54. The molecular weight excluding hydrogens is 320 g/mol. The molecule has 0 unspecified atom stereocenters. The average Bonchev–Trinajstić information content (AvgIpc) is 2.92. The second-order valence-corrected chi connectivity index (χ2v) is 7.29. The maximum absolute atomic E-state index is 5.54. The van der Waals surface area contributed by atoms with Crippen LogP contribution in [0.5, 0.6) is 5.88 Å². The van der Waals surface area contributed by atoms with Gasteiger partial charge in [-0.1, -0.05) is 29.5 Å². The van der Waals surface area contributed by atoms with Crippen LogP contribution in [0.2, 0.25) is 0 Å². The molecule has 0 saturated heterocycles. The Morgan fingerprint density at radius 2 is 2.17 bits per heavy atom. The molecule has 4 rings (SSSR count). The summed E-state index contributed by atoms with van der Waals surface area (Å²) >= 11 is 1.66. The van der Waals surface area contributed by atoms with Crippen molar-refractivity contribution in [1.29, 1.82) is 0 Å². The monoisotopic (exact) mass is 340 g/mol. The number of hydrogen-bond donors (Lipinski definition) is 0. The SMILES string of the molecule is COc1nn2c3c(cnc2c1Sc1cccc(C)c1)CN(C)CC3. The lowest BCUT2D eigenvalue weighted by atomic mass is 10.1. The molecule has 124 valence electrons. The van der Waals surface area contributed by atoms with Crippen LogP contribution in [0.1, 0.15) is 16.8 Å².